The zero-order valence-electron chi connectivity index (χ0n) is 29.3. The van der Waals surface area contributed by atoms with Crippen molar-refractivity contribution in [3.05, 3.63) is 101 Å². The van der Waals surface area contributed by atoms with Crippen LogP contribution in [0.5, 0.6) is 5.75 Å². The smallest absolute Gasteiger partial charge is 0.264 e. The van der Waals surface area contributed by atoms with Crippen molar-refractivity contribution >= 4 is 44.4 Å². The van der Waals surface area contributed by atoms with E-state index in [1.807, 2.05) is 42.5 Å². The number of hydrogen-bond donors (Lipinski definition) is 0. The molecule has 1 amide bonds. The minimum absolute atomic E-state index is 0.126. The molecule has 0 spiro atoms. The number of fused-ring (bicyclic) bond motifs is 1. The Kier molecular flexibility index (Phi) is 14.2. The molecular formula is C40H50N2O6S. The Labute approximate surface area is 291 Å². The molecule has 0 bridgehead atoms. The molecule has 0 saturated carbocycles. The number of furan rings is 1. The van der Waals surface area contributed by atoms with Gasteiger partial charge in [-0.1, -0.05) is 70.4 Å². The molecule has 0 aliphatic heterocycles. The standard InChI is InChI=1S/C40H50N2O6S/c1-5-8-17-37-39(40(44)32-19-22-34(23-20-32)47-29-14-28-41(26-9-6-2)27-10-7-3)35-30-33(21-24-36(35)48-37)42(49(4,45)46)38(43)25-18-31-15-12-11-13-16-31/h11-13,15-16,18-25,30H,5-10,14,17,26-29H2,1-4H3. The highest BCUT2D eigenvalue weighted by molar-refractivity contribution is 7.92. The van der Waals surface area contributed by atoms with Crippen molar-refractivity contribution in [2.75, 3.05) is 36.8 Å². The van der Waals surface area contributed by atoms with Crippen molar-refractivity contribution in [1.82, 2.24) is 4.90 Å². The Morgan fingerprint density at radius 2 is 1.47 bits per heavy atom. The second-order valence-electron chi connectivity index (χ2n) is 12.4. The lowest BCUT2D eigenvalue weighted by atomic mass is 9.98. The molecule has 0 N–H and O–H groups in total. The lowest BCUT2D eigenvalue weighted by molar-refractivity contribution is -0.113. The summed E-state index contributed by atoms with van der Waals surface area (Å²) in [6, 6.07) is 21.0. The second kappa shape index (κ2) is 18.5. The van der Waals surface area contributed by atoms with Crippen LogP contribution in [0.3, 0.4) is 0 Å². The number of nitrogens with zero attached hydrogens (tertiary/aromatic N) is 2. The summed E-state index contributed by atoms with van der Waals surface area (Å²) in [5, 5.41) is 0.457. The fourth-order valence-electron chi connectivity index (χ4n) is 5.73. The molecule has 8 nitrogen and oxygen atoms in total. The van der Waals surface area contributed by atoms with E-state index in [4.69, 9.17) is 9.15 Å². The van der Waals surface area contributed by atoms with Crippen molar-refractivity contribution in [3.63, 3.8) is 0 Å². The van der Waals surface area contributed by atoms with Gasteiger partial charge in [0.2, 0.25) is 10.0 Å². The molecule has 9 heteroatoms. The normalized spacial score (nSPS) is 11.9. The maximum atomic E-state index is 14.1. The number of sulfonamides is 1. The number of ketones is 1. The topological polar surface area (TPSA) is 97.1 Å². The number of hydrogen-bond acceptors (Lipinski definition) is 7. The zero-order chi connectivity index (χ0) is 35.2. The third-order valence-corrected chi connectivity index (χ3v) is 9.43. The van der Waals surface area contributed by atoms with Crippen molar-refractivity contribution in [2.45, 2.75) is 72.1 Å². The molecule has 0 aliphatic rings. The molecular weight excluding hydrogens is 637 g/mol. The summed E-state index contributed by atoms with van der Waals surface area (Å²) in [5.41, 5.74) is 2.17. The van der Waals surface area contributed by atoms with E-state index in [0.717, 1.165) is 55.0 Å². The third kappa shape index (κ3) is 10.6. The van der Waals surface area contributed by atoms with E-state index >= 15 is 0 Å². The molecule has 0 radical (unpaired) electrons. The highest BCUT2D eigenvalue weighted by Gasteiger charge is 2.27. The summed E-state index contributed by atoms with van der Waals surface area (Å²) < 4.78 is 38.8. The molecule has 1 heterocycles. The highest BCUT2D eigenvalue weighted by Crippen LogP contribution is 2.34. The van der Waals surface area contributed by atoms with E-state index < -0.39 is 15.9 Å². The highest BCUT2D eigenvalue weighted by atomic mass is 32.2. The lowest BCUT2D eigenvalue weighted by Crippen LogP contribution is -2.34. The van der Waals surface area contributed by atoms with Crippen LogP contribution < -0.4 is 9.04 Å². The molecule has 0 aliphatic carbocycles. The Hall–Kier alpha value is -4.21. The maximum Gasteiger partial charge on any atom is 0.264 e. The lowest BCUT2D eigenvalue weighted by Gasteiger charge is -2.21. The van der Waals surface area contributed by atoms with E-state index in [9.17, 15) is 18.0 Å². The van der Waals surface area contributed by atoms with Gasteiger partial charge >= 0.3 is 0 Å². The van der Waals surface area contributed by atoms with Gasteiger partial charge in [0.25, 0.3) is 5.91 Å². The SMILES string of the molecule is CCCCc1oc2ccc(N(C(=O)C=Cc3ccccc3)S(C)(=O)=O)cc2c1C(=O)c1ccc(OCCCN(CCCC)CCCC)cc1. The van der Waals surface area contributed by atoms with E-state index in [2.05, 4.69) is 25.7 Å². The van der Waals surface area contributed by atoms with Gasteiger partial charge in [0.15, 0.2) is 5.78 Å². The molecule has 0 atom stereocenters. The molecule has 0 unspecified atom stereocenters. The second-order valence-corrected chi connectivity index (χ2v) is 14.2. The first kappa shape index (κ1) is 37.6. The minimum Gasteiger partial charge on any atom is -0.494 e. The van der Waals surface area contributed by atoms with Gasteiger partial charge in [0, 0.05) is 30.0 Å². The zero-order valence-corrected chi connectivity index (χ0v) is 30.1. The molecule has 49 heavy (non-hydrogen) atoms. The van der Waals surface area contributed by atoms with Crippen LogP contribution in [0.1, 0.15) is 93.0 Å². The van der Waals surface area contributed by atoms with Crippen LogP contribution in [0.25, 0.3) is 17.0 Å². The molecule has 262 valence electrons. The number of aryl methyl sites for hydroxylation is 1. The average Bonchev–Trinajstić information content (AvgIpc) is 3.46. The number of amides is 1. The van der Waals surface area contributed by atoms with Crippen LogP contribution in [0.4, 0.5) is 5.69 Å². The summed E-state index contributed by atoms with van der Waals surface area (Å²) in [6.07, 6.45) is 11.7. The van der Waals surface area contributed by atoms with Gasteiger partial charge in [0.1, 0.15) is 17.1 Å². The predicted molar refractivity (Wildman–Crippen MR) is 199 cm³/mol. The summed E-state index contributed by atoms with van der Waals surface area (Å²) in [7, 11) is -4.01. The van der Waals surface area contributed by atoms with Crippen molar-refractivity contribution in [1.29, 1.82) is 0 Å². The Morgan fingerprint density at radius 1 is 0.816 bits per heavy atom. The minimum atomic E-state index is -4.01. The number of carbonyl (C=O) groups excluding carboxylic acids is 2. The largest absolute Gasteiger partial charge is 0.494 e. The maximum absolute atomic E-state index is 14.1. The van der Waals surface area contributed by atoms with Crippen LogP contribution in [-0.2, 0) is 21.2 Å². The van der Waals surface area contributed by atoms with Gasteiger partial charge < -0.3 is 14.1 Å². The Balaban J connectivity index is 1.56. The van der Waals surface area contributed by atoms with Crippen LogP contribution in [0.15, 0.2) is 83.3 Å². The molecule has 3 aromatic carbocycles. The first-order valence-corrected chi connectivity index (χ1v) is 19.3. The molecule has 4 aromatic rings. The van der Waals surface area contributed by atoms with Crippen molar-refractivity contribution in [3.8, 4) is 5.75 Å². The number of carbonyl (C=O) groups is 2. The van der Waals surface area contributed by atoms with E-state index in [-0.39, 0.29) is 11.5 Å². The Bertz CT molecular complexity index is 1790. The third-order valence-electron chi connectivity index (χ3n) is 8.37. The number of rotatable bonds is 20. The molecule has 1 aromatic heterocycles. The monoisotopic (exact) mass is 686 g/mol. The fraction of sp³-hybridized carbons (Fsp3) is 0.400. The summed E-state index contributed by atoms with van der Waals surface area (Å²) in [6.45, 7) is 10.3. The van der Waals surface area contributed by atoms with Crippen molar-refractivity contribution in [2.24, 2.45) is 0 Å². The van der Waals surface area contributed by atoms with E-state index in [1.54, 1.807) is 30.3 Å². The number of anilines is 1. The van der Waals surface area contributed by atoms with Crippen LogP contribution in [-0.4, -0.2) is 57.5 Å². The van der Waals surface area contributed by atoms with Crippen LogP contribution in [0, 0.1) is 0 Å². The van der Waals surface area contributed by atoms with Crippen molar-refractivity contribution < 1.29 is 27.2 Å². The Morgan fingerprint density at radius 3 is 2.10 bits per heavy atom. The molecule has 4 rings (SSSR count). The quantitative estimate of drug-likeness (QED) is 0.0521. The summed E-state index contributed by atoms with van der Waals surface area (Å²) in [4.78, 5) is 29.9. The fourth-order valence-corrected chi connectivity index (χ4v) is 6.61. The average molecular weight is 687 g/mol. The van der Waals surface area contributed by atoms with Gasteiger partial charge in [-0.2, -0.15) is 0 Å². The van der Waals surface area contributed by atoms with E-state index in [1.165, 1.54) is 37.8 Å². The summed E-state index contributed by atoms with van der Waals surface area (Å²) >= 11 is 0. The number of ether oxygens (including phenoxy) is 1. The first-order valence-electron chi connectivity index (χ1n) is 17.5. The number of benzene rings is 3. The van der Waals surface area contributed by atoms with E-state index in [0.29, 0.717) is 46.6 Å². The van der Waals surface area contributed by atoms with Gasteiger partial charge in [-0.25, -0.2) is 12.7 Å². The number of unbranched alkanes of at least 4 members (excludes halogenated alkanes) is 3. The van der Waals surface area contributed by atoms with Crippen LogP contribution >= 0.6 is 0 Å². The van der Waals surface area contributed by atoms with Gasteiger partial charge in [0.05, 0.1) is 24.1 Å². The van der Waals surface area contributed by atoms with Gasteiger partial charge in [-0.15, -0.1) is 0 Å². The summed E-state index contributed by atoms with van der Waals surface area (Å²) in [5.74, 6) is 0.272. The van der Waals surface area contributed by atoms with Gasteiger partial charge in [-0.3, -0.25) is 9.59 Å². The predicted octanol–water partition coefficient (Wildman–Crippen LogP) is 8.68. The van der Waals surface area contributed by atoms with Crippen LogP contribution in [0.2, 0.25) is 0 Å². The first-order chi connectivity index (χ1) is 23.7. The molecule has 0 saturated heterocycles. The molecule has 0 fully saturated rings. The van der Waals surface area contributed by atoms with Gasteiger partial charge in [-0.05, 0) is 92.9 Å².